The van der Waals surface area contributed by atoms with E-state index in [2.05, 4.69) is 11.0 Å². The molecule has 0 N–H and O–H groups in total. The second-order valence-electron chi connectivity index (χ2n) is 8.66. The molecule has 0 unspecified atom stereocenters. The van der Waals surface area contributed by atoms with Gasteiger partial charge in [0.2, 0.25) is 0 Å². The summed E-state index contributed by atoms with van der Waals surface area (Å²) in [7, 11) is 0. The number of rotatable bonds is 4. The monoisotopic (exact) mass is 411 g/mol. The van der Waals surface area contributed by atoms with E-state index in [1.807, 2.05) is 24.3 Å². The molecule has 158 valence electrons. The van der Waals surface area contributed by atoms with Gasteiger partial charge in [-0.1, -0.05) is 6.08 Å². The normalized spacial score (nSPS) is 26.3. The van der Waals surface area contributed by atoms with Crippen LogP contribution in [0.15, 0.2) is 45.8 Å². The predicted octanol–water partition coefficient (Wildman–Crippen LogP) is 2.76. The third-order valence-corrected chi connectivity index (χ3v) is 6.52. The summed E-state index contributed by atoms with van der Waals surface area (Å²) in [6, 6.07) is 7.38. The number of likely N-dealkylation sites (tertiary alicyclic amines) is 2. The molecule has 0 aliphatic carbocycles. The molecule has 5 heterocycles. The Bertz CT molecular complexity index is 1010. The first-order valence-electron chi connectivity index (χ1n) is 10.7. The van der Waals surface area contributed by atoms with Crippen LogP contribution in [0.2, 0.25) is 0 Å². The van der Waals surface area contributed by atoms with Crippen LogP contribution in [0.4, 0.5) is 4.39 Å². The van der Waals surface area contributed by atoms with E-state index in [1.165, 1.54) is 4.90 Å². The molecule has 3 atom stereocenters. The zero-order valence-corrected chi connectivity index (χ0v) is 16.9. The molecule has 2 fully saturated rings. The second-order valence-corrected chi connectivity index (χ2v) is 8.66. The smallest absolute Gasteiger partial charge is 0.263 e. The number of fused-ring (bicyclic) bond motifs is 4. The lowest BCUT2D eigenvalue weighted by molar-refractivity contribution is 0.0778. The Hall–Kier alpha value is -2.67. The van der Waals surface area contributed by atoms with Crippen molar-refractivity contribution in [3.8, 4) is 0 Å². The third-order valence-electron chi connectivity index (χ3n) is 6.52. The zero-order valence-electron chi connectivity index (χ0n) is 16.9. The average molecular weight is 411 g/mol. The Labute approximate surface area is 174 Å². The fourth-order valence-corrected chi connectivity index (χ4v) is 5.13. The first kappa shape index (κ1) is 19.3. The number of furan rings is 1. The van der Waals surface area contributed by atoms with Crippen molar-refractivity contribution in [1.82, 2.24) is 14.4 Å². The van der Waals surface area contributed by atoms with Gasteiger partial charge in [-0.05, 0) is 49.1 Å². The van der Waals surface area contributed by atoms with Crippen molar-refractivity contribution in [2.45, 2.75) is 31.5 Å². The highest BCUT2D eigenvalue weighted by atomic mass is 19.1. The molecule has 6 nitrogen and oxygen atoms in total. The molecule has 7 heteroatoms. The molecule has 30 heavy (non-hydrogen) atoms. The van der Waals surface area contributed by atoms with Gasteiger partial charge in [0, 0.05) is 44.3 Å². The molecule has 3 aliphatic heterocycles. The van der Waals surface area contributed by atoms with Gasteiger partial charge in [0.1, 0.15) is 17.5 Å². The van der Waals surface area contributed by atoms with Gasteiger partial charge in [0.05, 0.1) is 12.8 Å². The van der Waals surface area contributed by atoms with Crippen LogP contribution in [0, 0.1) is 5.92 Å². The highest BCUT2D eigenvalue weighted by molar-refractivity contribution is 5.94. The number of carbonyl (C=O) groups excluding carboxylic acids is 1. The summed E-state index contributed by atoms with van der Waals surface area (Å²) in [5.41, 5.74) is 0.962. The van der Waals surface area contributed by atoms with Crippen molar-refractivity contribution in [2.75, 3.05) is 32.7 Å². The molecule has 0 spiro atoms. The zero-order chi connectivity index (χ0) is 20.7. The van der Waals surface area contributed by atoms with E-state index in [0.29, 0.717) is 25.4 Å². The molecule has 0 radical (unpaired) electrons. The van der Waals surface area contributed by atoms with E-state index < -0.39 is 6.17 Å². The lowest BCUT2D eigenvalue weighted by Crippen LogP contribution is -2.48. The average Bonchev–Trinajstić information content (AvgIpc) is 3.40. The summed E-state index contributed by atoms with van der Waals surface area (Å²) < 4.78 is 20.6. The first-order chi connectivity index (χ1) is 14.6. The molecule has 2 aromatic rings. The number of amides is 1. The van der Waals surface area contributed by atoms with Crippen molar-refractivity contribution in [3.05, 3.63) is 64.0 Å². The molecule has 1 amide bonds. The number of nitrogens with zero attached hydrogens (tertiary/aromatic N) is 3. The Morgan fingerprint density at radius 2 is 2.10 bits per heavy atom. The molecular formula is C23H26FN3O3. The second kappa shape index (κ2) is 7.87. The maximum absolute atomic E-state index is 13.5. The number of halogens is 1. The van der Waals surface area contributed by atoms with Crippen molar-refractivity contribution in [1.29, 1.82) is 0 Å². The number of pyridine rings is 1. The van der Waals surface area contributed by atoms with E-state index in [-0.39, 0.29) is 29.5 Å². The highest BCUT2D eigenvalue weighted by Gasteiger charge is 2.36. The van der Waals surface area contributed by atoms with Crippen LogP contribution in [-0.4, -0.2) is 59.2 Å². The minimum atomic E-state index is -0.985. The van der Waals surface area contributed by atoms with E-state index in [9.17, 15) is 14.0 Å². The summed E-state index contributed by atoms with van der Waals surface area (Å²) in [5.74, 6) is 1.18. The van der Waals surface area contributed by atoms with Crippen LogP contribution < -0.4 is 5.56 Å². The molecule has 5 rings (SSSR count). The van der Waals surface area contributed by atoms with Crippen LogP contribution in [0.5, 0.6) is 0 Å². The van der Waals surface area contributed by atoms with Crippen molar-refractivity contribution < 1.29 is 13.6 Å². The Balaban J connectivity index is 1.32. The van der Waals surface area contributed by atoms with E-state index >= 15 is 0 Å². The van der Waals surface area contributed by atoms with Crippen LogP contribution in [0.1, 0.15) is 40.6 Å². The van der Waals surface area contributed by atoms with Crippen LogP contribution in [0.3, 0.4) is 0 Å². The van der Waals surface area contributed by atoms with Crippen LogP contribution in [0.25, 0.3) is 6.08 Å². The van der Waals surface area contributed by atoms with E-state index in [4.69, 9.17) is 4.42 Å². The van der Waals surface area contributed by atoms with Crippen molar-refractivity contribution >= 4 is 12.0 Å². The Morgan fingerprint density at radius 3 is 2.87 bits per heavy atom. The number of hydrogen-bond acceptors (Lipinski definition) is 4. The minimum absolute atomic E-state index is 0.0890. The lowest BCUT2D eigenvalue weighted by Gasteiger charge is -2.42. The fraction of sp³-hybridized carbons (Fsp3) is 0.478. The summed E-state index contributed by atoms with van der Waals surface area (Å²) in [5, 5.41) is 0. The van der Waals surface area contributed by atoms with E-state index in [1.54, 1.807) is 16.9 Å². The van der Waals surface area contributed by atoms with Gasteiger partial charge in [0.15, 0.2) is 0 Å². The molecular weight excluding hydrogens is 385 g/mol. The van der Waals surface area contributed by atoms with Gasteiger partial charge < -0.3 is 13.9 Å². The van der Waals surface area contributed by atoms with Gasteiger partial charge in [0.25, 0.3) is 11.5 Å². The molecule has 2 aromatic heterocycles. The number of piperidine rings is 1. The maximum atomic E-state index is 13.5. The molecule has 0 saturated carbocycles. The molecule has 3 aliphatic rings. The summed E-state index contributed by atoms with van der Waals surface area (Å²) in [4.78, 5) is 29.7. The highest BCUT2D eigenvalue weighted by Crippen LogP contribution is 2.35. The van der Waals surface area contributed by atoms with Crippen LogP contribution >= 0.6 is 0 Å². The van der Waals surface area contributed by atoms with Crippen molar-refractivity contribution in [3.63, 3.8) is 0 Å². The lowest BCUT2D eigenvalue weighted by atomic mass is 9.83. The molecule has 2 saturated heterocycles. The Morgan fingerprint density at radius 1 is 1.20 bits per heavy atom. The van der Waals surface area contributed by atoms with Gasteiger partial charge in [-0.15, -0.1) is 0 Å². The minimum Gasteiger partial charge on any atom is -0.465 e. The number of alkyl halides is 1. The quantitative estimate of drug-likeness (QED) is 0.776. The summed E-state index contributed by atoms with van der Waals surface area (Å²) >= 11 is 0. The van der Waals surface area contributed by atoms with Crippen molar-refractivity contribution in [2.24, 2.45) is 5.92 Å². The van der Waals surface area contributed by atoms with Gasteiger partial charge in [-0.25, -0.2) is 4.39 Å². The van der Waals surface area contributed by atoms with Crippen LogP contribution in [-0.2, 0) is 6.54 Å². The van der Waals surface area contributed by atoms with E-state index in [0.717, 1.165) is 37.5 Å². The molecule has 0 aromatic carbocycles. The molecule has 2 bridgehead atoms. The van der Waals surface area contributed by atoms with Gasteiger partial charge >= 0.3 is 0 Å². The van der Waals surface area contributed by atoms with Gasteiger partial charge in [-0.3, -0.25) is 14.5 Å². The predicted molar refractivity (Wildman–Crippen MR) is 111 cm³/mol. The SMILES string of the molecule is O=C(c1ccc2n(c1=O)C[C@H]1C[C@@H]2CN(C/C=C/c2ccco2)C1)N1CC[C@@H](F)C1. The summed E-state index contributed by atoms with van der Waals surface area (Å²) in [6.45, 7) is 3.77. The fourth-order valence-electron chi connectivity index (χ4n) is 5.13. The third kappa shape index (κ3) is 3.62. The number of aromatic nitrogens is 1. The largest absolute Gasteiger partial charge is 0.465 e. The maximum Gasteiger partial charge on any atom is 0.263 e. The first-order valence-corrected chi connectivity index (χ1v) is 10.7. The topological polar surface area (TPSA) is 58.7 Å². The van der Waals surface area contributed by atoms with Gasteiger partial charge in [-0.2, -0.15) is 0 Å². The standard InChI is InChI=1S/C23H26FN3O3/c24-18-7-9-26(15-18)22(28)20-5-6-21-17-11-16(13-27(21)23(20)29)12-25(14-17)8-1-3-19-4-2-10-30-19/h1-6,10,16-18H,7-9,11-15H2/b3-1+/t16-,17+,18+/m0/s1. The number of carbonyl (C=O) groups is 1. The summed E-state index contributed by atoms with van der Waals surface area (Å²) in [6.07, 6.45) is 6.21. The Kier molecular flexibility index (Phi) is 5.06. The number of hydrogen-bond donors (Lipinski definition) is 0.